The molecule has 1 N–H and O–H groups in total. The Bertz CT molecular complexity index is 670. The molecule has 2 aromatic carbocycles. The summed E-state index contributed by atoms with van der Waals surface area (Å²) in [4.78, 5) is 7.84. The molecule has 0 saturated heterocycles. The molecule has 0 saturated carbocycles. The Morgan fingerprint density at radius 3 is 2.74 bits per heavy atom. The van der Waals surface area contributed by atoms with Crippen molar-refractivity contribution in [3.8, 4) is 5.75 Å². The van der Waals surface area contributed by atoms with Crippen molar-refractivity contribution >= 4 is 11.0 Å². The van der Waals surface area contributed by atoms with Crippen molar-refractivity contribution in [3.05, 3.63) is 59.9 Å². The average molecular weight is 252 g/mol. The van der Waals surface area contributed by atoms with E-state index < -0.39 is 0 Å². The molecule has 3 heteroatoms. The van der Waals surface area contributed by atoms with Crippen LogP contribution < -0.4 is 4.74 Å². The smallest absolute Gasteiger partial charge is 0.153 e. The Hall–Kier alpha value is -2.29. The Balaban J connectivity index is 1.85. The van der Waals surface area contributed by atoms with Crippen LogP contribution in [0.3, 0.4) is 0 Å². The number of aryl methyl sites for hydroxylation is 1. The Labute approximate surface area is 112 Å². The largest absolute Gasteiger partial charge is 0.483 e. The third-order valence-corrected chi connectivity index (χ3v) is 3.10. The summed E-state index contributed by atoms with van der Waals surface area (Å²) in [7, 11) is 0. The Kier molecular flexibility index (Phi) is 2.95. The number of aromatic amines is 1. The number of para-hydroxylation sites is 2. The maximum atomic E-state index is 5.92. The minimum absolute atomic E-state index is 0.103. The Morgan fingerprint density at radius 1 is 1.11 bits per heavy atom. The van der Waals surface area contributed by atoms with Gasteiger partial charge in [-0.05, 0) is 43.7 Å². The molecule has 0 bridgehead atoms. The molecule has 0 aliphatic carbocycles. The zero-order valence-corrected chi connectivity index (χ0v) is 11.1. The van der Waals surface area contributed by atoms with Crippen LogP contribution in [0, 0.1) is 6.92 Å². The van der Waals surface area contributed by atoms with E-state index in [0.717, 1.165) is 22.6 Å². The van der Waals surface area contributed by atoms with Gasteiger partial charge in [0, 0.05) is 0 Å². The average Bonchev–Trinajstić information content (AvgIpc) is 2.82. The van der Waals surface area contributed by atoms with Gasteiger partial charge in [0.05, 0.1) is 11.0 Å². The molecule has 0 amide bonds. The second kappa shape index (κ2) is 4.76. The quantitative estimate of drug-likeness (QED) is 0.764. The highest BCUT2D eigenvalue weighted by Crippen LogP contribution is 2.22. The predicted octanol–water partition coefficient (Wildman–Crippen LogP) is 4.01. The minimum Gasteiger partial charge on any atom is -0.483 e. The summed E-state index contributed by atoms with van der Waals surface area (Å²) < 4.78 is 5.92. The summed E-state index contributed by atoms with van der Waals surface area (Å²) in [5, 5.41) is 0. The van der Waals surface area contributed by atoms with Gasteiger partial charge in [0.2, 0.25) is 0 Å². The van der Waals surface area contributed by atoms with E-state index in [1.54, 1.807) is 0 Å². The number of nitrogens with zero attached hydrogens (tertiary/aromatic N) is 1. The maximum absolute atomic E-state index is 5.92. The van der Waals surface area contributed by atoms with Crippen LogP contribution in [0.2, 0.25) is 0 Å². The first-order chi connectivity index (χ1) is 9.22. The van der Waals surface area contributed by atoms with Gasteiger partial charge in [0.1, 0.15) is 11.6 Å². The molecule has 0 spiro atoms. The molecule has 0 unspecified atom stereocenters. The first-order valence-electron chi connectivity index (χ1n) is 6.40. The number of ether oxygens (including phenoxy) is 1. The van der Waals surface area contributed by atoms with Gasteiger partial charge < -0.3 is 9.72 Å². The van der Waals surface area contributed by atoms with Gasteiger partial charge in [-0.25, -0.2) is 4.98 Å². The number of nitrogens with one attached hydrogen (secondary N) is 1. The molecule has 0 aliphatic heterocycles. The number of H-pyrrole nitrogens is 1. The van der Waals surface area contributed by atoms with Crippen LogP contribution >= 0.6 is 0 Å². The summed E-state index contributed by atoms with van der Waals surface area (Å²) in [5.74, 6) is 1.72. The lowest BCUT2D eigenvalue weighted by Crippen LogP contribution is -2.05. The lowest BCUT2D eigenvalue weighted by Gasteiger charge is -2.12. The second-order valence-electron chi connectivity index (χ2n) is 4.72. The molecule has 3 nitrogen and oxygen atoms in total. The highest BCUT2D eigenvalue weighted by Gasteiger charge is 2.12. The molecule has 1 aromatic heterocycles. The summed E-state index contributed by atoms with van der Waals surface area (Å²) in [6.45, 7) is 4.05. The number of fused-ring (bicyclic) bond motifs is 1. The molecule has 19 heavy (non-hydrogen) atoms. The number of benzene rings is 2. The first-order valence-corrected chi connectivity index (χ1v) is 6.40. The number of aromatic nitrogens is 2. The molecule has 0 fully saturated rings. The van der Waals surface area contributed by atoms with Crippen molar-refractivity contribution in [2.24, 2.45) is 0 Å². The molecule has 3 rings (SSSR count). The minimum atomic E-state index is -0.103. The molecular weight excluding hydrogens is 236 g/mol. The molecule has 96 valence electrons. The number of imidazole rings is 1. The van der Waals surface area contributed by atoms with Gasteiger partial charge in [-0.2, -0.15) is 0 Å². The van der Waals surface area contributed by atoms with Gasteiger partial charge in [-0.15, -0.1) is 0 Å². The lowest BCUT2D eigenvalue weighted by atomic mass is 10.2. The Morgan fingerprint density at radius 2 is 1.95 bits per heavy atom. The third kappa shape index (κ3) is 2.45. The molecule has 0 radical (unpaired) electrons. The van der Waals surface area contributed by atoms with E-state index in [2.05, 4.69) is 23.0 Å². The zero-order chi connectivity index (χ0) is 13.2. The highest BCUT2D eigenvalue weighted by molar-refractivity contribution is 5.74. The van der Waals surface area contributed by atoms with E-state index in [9.17, 15) is 0 Å². The maximum Gasteiger partial charge on any atom is 0.153 e. The predicted molar refractivity (Wildman–Crippen MR) is 76.3 cm³/mol. The number of hydrogen-bond acceptors (Lipinski definition) is 2. The standard InChI is InChI=1S/C16H16N2O/c1-11-6-5-7-13(10-11)19-12(2)16-17-14-8-3-4-9-15(14)18-16/h3-10,12H,1-2H3,(H,17,18)/t12-/m0/s1. The summed E-state index contributed by atoms with van der Waals surface area (Å²) in [6, 6.07) is 16.0. The van der Waals surface area contributed by atoms with Crippen LogP contribution in [-0.2, 0) is 0 Å². The topological polar surface area (TPSA) is 37.9 Å². The van der Waals surface area contributed by atoms with Crippen LogP contribution in [0.25, 0.3) is 11.0 Å². The number of hydrogen-bond donors (Lipinski definition) is 1. The fourth-order valence-corrected chi connectivity index (χ4v) is 2.11. The molecule has 0 aliphatic rings. The van der Waals surface area contributed by atoms with Crippen LogP contribution in [0.1, 0.15) is 24.4 Å². The van der Waals surface area contributed by atoms with Crippen molar-refractivity contribution in [2.75, 3.05) is 0 Å². The van der Waals surface area contributed by atoms with Gasteiger partial charge in [0.15, 0.2) is 6.10 Å². The van der Waals surface area contributed by atoms with Crippen molar-refractivity contribution in [1.29, 1.82) is 0 Å². The second-order valence-corrected chi connectivity index (χ2v) is 4.72. The van der Waals surface area contributed by atoms with Crippen LogP contribution in [0.5, 0.6) is 5.75 Å². The summed E-state index contributed by atoms with van der Waals surface area (Å²) >= 11 is 0. The SMILES string of the molecule is Cc1cccc(O[C@@H](C)c2nc3ccccc3[nH]2)c1. The van der Waals surface area contributed by atoms with Crippen molar-refractivity contribution in [3.63, 3.8) is 0 Å². The van der Waals surface area contributed by atoms with Gasteiger partial charge in [-0.3, -0.25) is 0 Å². The van der Waals surface area contributed by atoms with E-state index in [0.29, 0.717) is 0 Å². The summed E-state index contributed by atoms with van der Waals surface area (Å²) in [6.07, 6.45) is -0.103. The summed E-state index contributed by atoms with van der Waals surface area (Å²) in [5.41, 5.74) is 3.20. The van der Waals surface area contributed by atoms with Gasteiger partial charge in [-0.1, -0.05) is 24.3 Å². The highest BCUT2D eigenvalue weighted by atomic mass is 16.5. The van der Waals surface area contributed by atoms with E-state index in [4.69, 9.17) is 4.74 Å². The third-order valence-electron chi connectivity index (χ3n) is 3.10. The van der Waals surface area contributed by atoms with Gasteiger partial charge >= 0.3 is 0 Å². The van der Waals surface area contributed by atoms with Gasteiger partial charge in [0.25, 0.3) is 0 Å². The fourth-order valence-electron chi connectivity index (χ4n) is 2.11. The molecule has 1 heterocycles. The van der Waals surface area contributed by atoms with Crippen LogP contribution in [0.15, 0.2) is 48.5 Å². The van der Waals surface area contributed by atoms with Crippen LogP contribution in [-0.4, -0.2) is 9.97 Å². The van der Waals surface area contributed by atoms with Crippen molar-refractivity contribution in [1.82, 2.24) is 9.97 Å². The number of rotatable bonds is 3. The molecule has 1 atom stereocenters. The van der Waals surface area contributed by atoms with Crippen LogP contribution in [0.4, 0.5) is 0 Å². The fraction of sp³-hybridized carbons (Fsp3) is 0.188. The zero-order valence-electron chi connectivity index (χ0n) is 11.1. The van der Waals surface area contributed by atoms with E-state index in [1.165, 1.54) is 5.56 Å². The van der Waals surface area contributed by atoms with E-state index in [-0.39, 0.29) is 6.10 Å². The van der Waals surface area contributed by atoms with Crippen molar-refractivity contribution < 1.29 is 4.74 Å². The van der Waals surface area contributed by atoms with Crippen molar-refractivity contribution in [2.45, 2.75) is 20.0 Å². The normalized spacial score (nSPS) is 12.5. The monoisotopic (exact) mass is 252 g/mol. The molecule has 3 aromatic rings. The molecular formula is C16H16N2O. The van der Waals surface area contributed by atoms with E-state index >= 15 is 0 Å². The first kappa shape index (κ1) is 11.8. The lowest BCUT2D eigenvalue weighted by molar-refractivity contribution is 0.218. The van der Waals surface area contributed by atoms with E-state index in [1.807, 2.05) is 49.4 Å².